The van der Waals surface area contributed by atoms with Crippen LogP contribution in [0.3, 0.4) is 0 Å². The van der Waals surface area contributed by atoms with Crippen LogP contribution in [0.4, 0.5) is 4.79 Å². The molecule has 0 bridgehead atoms. The van der Waals surface area contributed by atoms with Crippen molar-refractivity contribution in [1.29, 1.82) is 0 Å². The molecule has 1 aromatic carbocycles. The minimum absolute atomic E-state index is 0.140. The molecule has 2 saturated heterocycles. The molecule has 2 aliphatic rings. The molecule has 4 nitrogen and oxygen atoms in total. The average Bonchev–Trinajstić information content (AvgIpc) is 2.93. The van der Waals surface area contributed by atoms with Gasteiger partial charge in [-0.25, -0.2) is 4.79 Å². The highest BCUT2D eigenvalue weighted by atomic mass is 35.5. The molecule has 19 heavy (non-hydrogen) atoms. The summed E-state index contributed by atoms with van der Waals surface area (Å²) >= 11 is 12.2. The lowest BCUT2D eigenvalue weighted by atomic mass is 10.2. The standard InChI is InChI=1S/C13H12Cl2N2O2/c14-9-3-1-4-10(15)8(9)7-17-12(18)11-5-2-6-16(11)13(17)19/h1,3-4,11H,2,5-7H2/t11-/m0/s1. The summed E-state index contributed by atoms with van der Waals surface area (Å²) < 4.78 is 0. The number of hydrogen-bond acceptors (Lipinski definition) is 2. The highest BCUT2D eigenvalue weighted by Gasteiger charge is 2.47. The molecule has 2 heterocycles. The van der Waals surface area contributed by atoms with Gasteiger partial charge in [-0.3, -0.25) is 9.69 Å². The molecule has 1 aromatic rings. The van der Waals surface area contributed by atoms with Crippen LogP contribution in [0.15, 0.2) is 18.2 Å². The Morgan fingerprint density at radius 3 is 2.53 bits per heavy atom. The molecule has 0 aliphatic carbocycles. The minimum Gasteiger partial charge on any atom is -0.312 e. The number of fused-ring (bicyclic) bond motifs is 1. The fourth-order valence-corrected chi connectivity index (χ4v) is 3.19. The maximum Gasteiger partial charge on any atom is 0.327 e. The normalized spacial score (nSPS) is 22.3. The Hall–Kier alpha value is -1.26. The number of urea groups is 1. The monoisotopic (exact) mass is 298 g/mol. The fourth-order valence-electron chi connectivity index (χ4n) is 2.67. The maximum atomic E-state index is 12.2. The third-order valence-electron chi connectivity index (χ3n) is 3.66. The molecule has 1 atom stereocenters. The maximum absolute atomic E-state index is 12.2. The molecule has 3 rings (SSSR count). The van der Waals surface area contributed by atoms with E-state index in [1.165, 1.54) is 4.90 Å². The Morgan fingerprint density at radius 1 is 1.21 bits per heavy atom. The van der Waals surface area contributed by atoms with Gasteiger partial charge >= 0.3 is 6.03 Å². The van der Waals surface area contributed by atoms with E-state index in [0.29, 0.717) is 22.2 Å². The average molecular weight is 299 g/mol. The van der Waals surface area contributed by atoms with Crippen LogP contribution in [-0.4, -0.2) is 34.3 Å². The van der Waals surface area contributed by atoms with Gasteiger partial charge in [-0.15, -0.1) is 0 Å². The number of imide groups is 1. The van der Waals surface area contributed by atoms with E-state index in [2.05, 4.69) is 0 Å². The zero-order valence-electron chi connectivity index (χ0n) is 10.1. The second kappa shape index (κ2) is 4.69. The van der Waals surface area contributed by atoms with Crippen LogP contribution in [0, 0.1) is 0 Å². The molecule has 2 aliphatic heterocycles. The zero-order chi connectivity index (χ0) is 13.6. The third kappa shape index (κ3) is 1.99. The van der Waals surface area contributed by atoms with Gasteiger partial charge in [0.05, 0.1) is 6.54 Å². The summed E-state index contributed by atoms with van der Waals surface area (Å²) in [5, 5.41) is 0.945. The molecule has 3 amide bonds. The SMILES string of the molecule is O=C1[C@@H]2CCCN2C(=O)N1Cc1c(Cl)cccc1Cl. The molecule has 0 N–H and O–H groups in total. The molecule has 100 valence electrons. The van der Waals surface area contributed by atoms with E-state index in [-0.39, 0.29) is 24.5 Å². The number of amides is 3. The number of hydrogen-bond donors (Lipinski definition) is 0. The molecule has 6 heteroatoms. The Balaban J connectivity index is 1.88. The molecule has 0 spiro atoms. The second-order valence-corrected chi connectivity index (χ2v) is 5.57. The number of halogens is 2. The van der Waals surface area contributed by atoms with Crippen molar-refractivity contribution in [2.45, 2.75) is 25.4 Å². The Bertz CT molecular complexity index is 519. The lowest BCUT2D eigenvalue weighted by Gasteiger charge is -2.17. The largest absolute Gasteiger partial charge is 0.327 e. The highest BCUT2D eigenvalue weighted by Crippen LogP contribution is 2.31. The predicted octanol–water partition coefficient (Wildman–Crippen LogP) is 2.92. The van der Waals surface area contributed by atoms with Crippen LogP contribution in [-0.2, 0) is 11.3 Å². The first-order valence-electron chi connectivity index (χ1n) is 6.14. The summed E-state index contributed by atoms with van der Waals surface area (Å²) in [6, 6.07) is 4.63. The van der Waals surface area contributed by atoms with Gasteiger partial charge in [0, 0.05) is 22.2 Å². The first-order valence-corrected chi connectivity index (χ1v) is 6.90. The summed E-state index contributed by atoms with van der Waals surface area (Å²) in [6.07, 6.45) is 1.64. The number of carbonyl (C=O) groups excluding carboxylic acids is 2. The fraction of sp³-hybridized carbons (Fsp3) is 0.385. The summed E-state index contributed by atoms with van der Waals surface area (Å²) in [7, 11) is 0. The Labute approximate surface area is 120 Å². The molecular formula is C13H12Cl2N2O2. The zero-order valence-corrected chi connectivity index (χ0v) is 11.6. The van der Waals surface area contributed by atoms with Crippen LogP contribution >= 0.6 is 23.2 Å². The van der Waals surface area contributed by atoms with E-state index in [0.717, 1.165) is 12.8 Å². The predicted molar refractivity (Wildman–Crippen MR) is 72.1 cm³/mol. The second-order valence-electron chi connectivity index (χ2n) is 4.76. The smallest absolute Gasteiger partial charge is 0.312 e. The van der Waals surface area contributed by atoms with E-state index < -0.39 is 0 Å². The van der Waals surface area contributed by atoms with E-state index >= 15 is 0 Å². The van der Waals surface area contributed by atoms with E-state index in [4.69, 9.17) is 23.2 Å². The van der Waals surface area contributed by atoms with Crippen molar-refractivity contribution in [1.82, 2.24) is 9.80 Å². The van der Waals surface area contributed by atoms with Gasteiger partial charge in [-0.2, -0.15) is 0 Å². The molecule has 0 unspecified atom stereocenters. The number of benzene rings is 1. The summed E-state index contributed by atoms with van der Waals surface area (Å²) in [6.45, 7) is 0.797. The number of nitrogens with zero attached hydrogens (tertiary/aromatic N) is 2. The first kappa shape index (κ1) is 12.8. The van der Waals surface area contributed by atoms with Crippen molar-refractivity contribution in [2.24, 2.45) is 0 Å². The van der Waals surface area contributed by atoms with Gasteiger partial charge in [-0.05, 0) is 25.0 Å². The molecule has 0 saturated carbocycles. The summed E-state index contributed by atoms with van der Waals surface area (Å²) in [5.41, 5.74) is 0.619. The number of carbonyl (C=O) groups is 2. The van der Waals surface area contributed by atoms with Crippen molar-refractivity contribution >= 4 is 35.1 Å². The van der Waals surface area contributed by atoms with Crippen molar-refractivity contribution < 1.29 is 9.59 Å². The highest BCUT2D eigenvalue weighted by molar-refractivity contribution is 6.36. The van der Waals surface area contributed by atoms with Crippen LogP contribution in [0.25, 0.3) is 0 Å². The van der Waals surface area contributed by atoms with Gasteiger partial charge in [0.1, 0.15) is 6.04 Å². The molecule has 0 aromatic heterocycles. The van der Waals surface area contributed by atoms with Gasteiger partial charge < -0.3 is 4.90 Å². The van der Waals surface area contributed by atoms with Crippen molar-refractivity contribution in [2.75, 3.05) is 6.54 Å². The lowest BCUT2D eigenvalue weighted by molar-refractivity contribution is -0.128. The number of rotatable bonds is 2. The molecule has 2 fully saturated rings. The summed E-state index contributed by atoms with van der Waals surface area (Å²) in [5.74, 6) is -0.140. The van der Waals surface area contributed by atoms with E-state index in [1.807, 2.05) is 0 Å². The van der Waals surface area contributed by atoms with Crippen LogP contribution in [0.2, 0.25) is 10.0 Å². The van der Waals surface area contributed by atoms with Crippen molar-refractivity contribution in [3.05, 3.63) is 33.8 Å². The van der Waals surface area contributed by atoms with Gasteiger partial charge in [0.15, 0.2) is 0 Å². The van der Waals surface area contributed by atoms with E-state index in [9.17, 15) is 9.59 Å². The first-order chi connectivity index (χ1) is 9.09. The van der Waals surface area contributed by atoms with E-state index in [1.54, 1.807) is 23.1 Å². The van der Waals surface area contributed by atoms with Gasteiger partial charge in [-0.1, -0.05) is 29.3 Å². The van der Waals surface area contributed by atoms with Crippen LogP contribution < -0.4 is 0 Å². The van der Waals surface area contributed by atoms with Crippen LogP contribution in [0.5, 0.6) is 0 Å². The summed E-state index contributed by atoms with van der Waals surface area (Å²) in [4.78, 5) is 27.2. The lowest BCUT2D eigenvalue weighted by Crippen LogP contribution is -2.32. The van der Waals surface area contributed by atoms with Crippen molar-refractivity contribution in [3.8, 4) is 0 Å². The quantitative estimate of drug-likeness (QED) is 0.788. The van der Waals surface area contributed by atoms with Crippen molar-refractivity contribution in [3.63, 3.8) is 0 Å². The van der Waals surface area contributed by atoms with Crippen LogP contribution in [0.1, 0.15) is 18.4 Å². The topological polar surface area (TPSA) is 40.6 Å². The third-order valence-corrected chi connectivity index (χ3v) is 4.37. The van der Waals surface area contributed by atoms with Gasteiger partial charge in [0.2, 0.25) is 0 Å². The Morgan fingerprint density at radius 2 is 1.89 bits per heavy atom. The molecular weight excluding hydrogens is 287 g/mol. The Kier molecular flexibility index (Phi) is 3.15. The molecule has 0 radical (unpaired) electrons. The minimum atomic E-state index is -0.284. The van der Waals surface area contributed by atoms with Gasteiger partial charge in [0.25, 0.3) is 5.91 Å².